The van der Waals surface area contributed by atoms with Crippen LogP contribution in [0.15, 0.2) is 48.8 Å². The summed E-state index contributed by atoms with van der Waals surface area (Å²) in [5, 5.41) is 20.4. The van der Waals surface area contributed by atoms with Gasteiger partial charge in [-0.15, -0.1) is 0 Å². The molecule has 0 spiro atoms. The smallest absolute Gasteiger partial charge is 0.0903 e. The Kier molecular flexibility index (Phi) is 8.54. The first-order valence-electron chi connectivity index (χ1n) is 14.4. The van der Waals surface area contributed by atoms with Crippen LogP contribution in [0.2, 0.25) is 10.0 Å². The number of nitrogens with zero attached hydrogens (tertiary/aromatic N) is 6. The first-order valence-corrected chi connectivity index (χ1v) is 15.2. The average molecular weight is 606 g/mol. The molecule has 2 N–H and O–H groups in total. The Hall–Kier alpha value is -2.98. The van der Waals surface area contributed by atoms with Gasteiger partial charge in [-0.25, -0.2) is 9.97 Å². The van der Waals surface area contributed by atoms with Gasteiger partial charge in [-0.1, -0.05) is 73.4 Å². The predicted molar refractivity (Wildman–Crippen MR) is 165 cm³/mol. The molecule has 42 heavy (non-hydrogen) atoms. The van der Waals surface area contributed by atoms with Gasteiger partial charge in [-0.3, -0.25) is 19.8 Å². The Labute approximate surface area is 256 Å². The molecule has 0 amide bonds. The van der Waals surface area contributed by atoms with E-state index in [1.807, 2.05) is 36.4 Å². The van der Waals surface area contributed by atoms with Crippen LogP contribution in [0.1, 0.15) is 36.6 Å². The number of aryl methyl sites for hydroxylation is 2. The van der Waals surface area contributed by atoms with Crippen LogP contribution in [0, 0.1) is 0 Å². The molecule has 2 aliphatic rings. The fraction of sp³-hybridized carbons (Fsp3) is 0.375. The summed E-state index contributed by atoms with van der Waals surface area (Å²) in [5.74, 6) is 0. The van der Waals surface area contributed by atoms with Crippen LogP contribution in [0.4, 0.5) is 0 Å². The van der Waals surface area contributed by atoms with Crippen LogP contribution in [0.5, 0.6) is 0 Å². The fourth-order valence-electron chi connectivity index (χ4n) is 5.64. The largest absolute Gasteiger partial charge is 0.390 e. The highest BCUT2D eigenvalue weighted by Crippen LogP contribution is 2.41. The van der Waals surface area contributed by atoms with Gasteiger partial charge in [0.05, 0.1) is 68.8 Å². The Morgan fingerprint density at radius 3 is 1.38 bits per heavy atom. The molecule has 2 saturated heterocycles. The van der Waals surface area contributed by atoms with Crippen molar-refractivity contribution in [2.75, 3.05) is 26.2 Å². The minimum absolute atomic E-state index is 0.250. The summed E-state index contributed by atoms with van der Waals surface area (Å²) < 4.78 is 0. The third-order valence-corrected chi connectivity index (χ3v) is 8.81. The van der Waals surface area contributed by atoms with Gasteiger partial charge in [0.25, 0.3) is 0 Å². The van der Waals surface area contributed by atoms with E-state index in [1.54, 1.807) is 12.4 Å². The molecule has 0 unspecified atom stereocenters. The molecule has 6 rings (SSSR count). The Balaban J connectivity index is 1.30. The monoisotopic (exact) mass is 604 g/mol. The van der Waals surface area contributed by atoms with Crippen molar-refractivity contribution >= 4 is 23.2 Å². The zero-order valence-corrected chi connectivity index (χ0v) is 25.3. The topological polar surface area (TPSA) is 98.5 Å². The summed E-state index contributed by atoms with van der Waals surface area (Å²) in [6.45, 7) is 8.15. The van der Waals surface area contributed by atoms with Crippen LogP contribution < -0.4 is 0 Å². The fourth-order valence-corrected chi connectivity index (χ4v) is 6.29. The third-order valence-electron chi connectivity index (χ3n) is 7.99. The van der Waals surface area contributed by atoms with E-state index in [9.17, 15) is 10.2 Å². The van der Waals surface area contributed by atoms with Gasteiger partial charge in [-0.05, 0) is 12.8 Å². The van der Waals surface area contributed by atoms with E-state index < -0.39 is 0 Å². The molecule has 4 heterocycles. The first kappa shape index (κ1) is 29.1. The van der Waals surface area contributed by atoms with Crippen LogP contribution in [-0.2, 0) is 25.9 Å². The number of aromatic nitrogens is 4. The lowest BCUT2D eigenvalue weighted by molar-refractivity contribution is -0.00396. The van der Waals surface area contributed by atoms with Crippen molar-refractivity contribution in [1.29, 1.82) is 0 Å². The van der Waals surface area contributed by atoms with Gasteiger partial charge in [0.2, 0.25) is 0 Å². The normalized spacial score (nSPS) is 16.4. The second-order valence-corrected chi connectivity index (χ2v) is 11.8. The molecule has 8 nitrogen and oxygen atoms in total. The highest BCUT2D eigenvalue weighted by Gasteiger charge is 2.27. The SMILES string of the molecule is CCc1nc(-c2cccc(-c3cccc(-c4cnc(CN5CC(O)C5)c(CC)n4)c3Cl)c2Cl)cnc1CN1CC(O)C1. The minimum atomic E-state index is -0.250. The van der Waals surface area contributed by atoms with Gasteiger partial charge in [0.1, 0.15) is 0 Å². The van der Waals surface area contributed by atoms with Crippen LogP contribution >= 0.6 is 23.2 Å². The van der Waals surface area contributed by atoms with E-state index in [0.29, 0.717) is 60.7 Å². The van der Waals surface area contributed by atoms with Gasteiger partial charge >= 0.3 is 0 Å². The van der Waals surface area contributed by atoms with Crippen molar-refractivity contribution in [2.24, 2.45) is 0 Å². The summed E-state index contributed by atoms with van der Waals surface area (Å²) in [4.78, 5) is 23.7. The molecule has 0 atom stereocenters. The summed E-state index contributed by atoms with van der Waals surface area (Å²) in [6, 6.07) is 11.7. The quantitative estimate of drug-likeness (QED) is 0.274. The summed E-state index contributed by atoms with van der Waals surface area (Å²) in [5.41, 5.74) is 8.31. The van der Waals surface area contributed by atoms with Crippen LogP contribution in [0.3, 0.4) is 0 Å². The van der Waals surface area contributed by atoms with Crippen molar-refractivity contribution in [1.82, 2.24) is 29.7 Å². The summed E-state index contributed by atoms with van der Waals surface area (Å²) in [7, 11) is 0. The summed E-state index contributed by atoms with van der Waals surface area (Å²) >= 11 is 14.1. The molecule has 10 heteroatoms. The molecule has 0 radical (unpaired) electrons. The molecular formula is C32H34Cl2N6O2. The zero-order chi connectivity index (χ0) is 29.4. The number of hydrogen-bond acceptors (Lipinski definition) is 8. The Morgan fingerprint density at radius 2 is 1.02 bits per heavy atom. The first-order chi connectivity index (χ1) is 20.3. The van der Waals surface area contributed by atoms with E-state index in [0.717, 1.165) is 57.9 Å². The number of aliphatic hydroxyl groups excluding tert-OH is 2. The van der Waals surface area contributed by atoms with Gasteiger partial charge in [-0.2, -0.15) is 0 Å². The predicted octanol–water partition coefficient (Wildman–Crippen LogP) is 5.05. The van der Waals surface area contributed by atoms with E-state index in [2.05, 4.69) is 23.6 Å². The lowest BCUT2D eigenvalue weighted by atomic mass is 9.98. The molecular weight excluding hydrogens is 571 g/mol. The van der Waals surface area contributed by atoms with Crippen molar-refractivity contribution in [2.45, 2.75) is 52.0 Å². The van der Waals surface area contributed by atoms with Crippen molar-refractivity contribution < 1.29 is 10.2 Å². The van der Waals surface area contributed by atoms with Crippen LogP contribution in [-0.4, -0.2) is 78.3 Å². The second-order valence-electron chi connectivity index (χ2n) is 11.0. The van der Waals surface area contributed by atoms with Gasteiger partial charge in [0.15, 0.2) is 0 Å². The lowest BCUT2D eigenvalue weighted by Gasteiger charge is -2.35. The van der Waals surface area contributed by atoms with E-state index in [4.69, 9.17) is 43.1 Å². The number of hydrogen-bond donors (Lipinski definition) is 2. The van der Waals surface area contributed by atoms with E-state index in [-0.39, 0.29) is 12.2 Å². The molecule has 0 bridgehead atoms. The molecule has 2 aromatic heterocycles. The molecule has 0 aliphatic carbocycles. The van der Waals surface area contributed by atoms with Crippen LogP contribution in [0.25, 0.3) is 33.6 Å². The number of β-amino-alcohol motifs (C(OH)–C–C–N with tert-alkyl or cyclic N) is 2. The Bertz CT molecular complexity index is 1490. The van der Waals surface area contributed by atoms with E-state index in [1.165, 1.54) is 0 Å². The highest BCUT2D eigenvalue weighted by atomic mass is 35.5. The molecule has 2 aromatic carbocycles. The van der Waals surface area contributed by atoms with Gasteiger partial charge < -0.3 is 10.2 Å². The Morgan fingerprint density at radius 1 is 0.643 bits per heavy atom. The molecule has 218 valence electrons. The summed E-state index contributed by atoms with van der Waals surface area (Å²) in [6.07, 6.45) is 4.55. The molecule has 4 aromatic rings. The van der Waals surface area contributed by atoms with Crippen molar-refractivity contribution in [3.63, 3.8) is 0 Å². The van der Waals surface area contributed by atoms with E-state index >= 15 is 0 Å². The van der Waals surface area contributed by atoms with Gasteiger partial charge in [0, 0.05) is 61.5 Å². The highest BCUT2D eigenvalue weighted by molar-refractivity contribution is 6.39. The molecule has 2 fully saturated rings. The number of likely N-dealkylation sites (tertiary alicyclic amines) is 2. The number of aliphatic hydroxyl groups is 2. The maximum absolute atomic E-state index is 9.63. The maximum atomic E-state index is 9.63. The number of benzene rings is 2. The molecule has 2 aliphatic heterocycles. The number of rotatable bonds is 9. The average Bonchev–Trinajstić information content (AvgIpc) is 2.96. The number of halogens is 2. The van der Waals surface area contributed by atoms with Crippen molar-refractivity contribution in [3.05, 3.63) is 81.6 Å². The van der Waals surface area contributed by atoms with Crippen molar-refractivity contribution in [3.8, 4) is 33.6 Å². The third kappa shape index (κ3) is 5.80. The standard InChI is InChI=1S/C32H34Cl2N6O2/c1-3-25-29(17-39-13-19(41)14-39)35-11-27(37-25)23-9-5-7-21(31(23)33)22-8-6-10-24(32(22)34)28-12-36-30(26(4-2)38-28)18-40-15-20(42)16-40/h5-12,19-20,41-42H,3-4,13-18H2,1-2H3. The lowest BCUT2D eigenvalue weighted by Crippen LogP contribution is -2.50. The second kappa shape index (κ2) is 12.3. The minimum Gasteiger partial charge on any atom is -0.390 e. The molecule has 0 saturated carbocycles. The maximum Gasteiger partial charge on any atom is 0.0903 e. The zero-order valence-electron chi connectivity index (χ0n) is 23.8.